The van der Waals surface area contributed by atoms with Crippen LogP contribution in [0.25, 0.3) is 6.08 Å². The van der Waals surface area contributed by atoms with Crippen LogP contribution in [0.4, 0.5) is 5.13 Å². The molecule has 0 saturated carbocycles. The van der Waals surface area contributed by atoms with Gasteiger partial charge in [-0.3, -0.25) is 9.52 Å². The number of halogens is 1. The molecule has 8 nitrogen and oxygen atoms in total. The normalized spacial score (nSPS) is 11.9. The zero-order chi connectivity index (χ0) is 21.4. The van der Waals surface area contributed by atoms with Gasteiger partial charge in [-0.25, -0.2) is 13.4 Å². The lowest BCUT2D eigenvalue weighted by atomic mass is 10.1. The van der Waals surface area contributed by atoms with E-state index in [2.05, 4.69) is 14.1 Å². The quantitative estimate of drug-likeness (QED) is 0.524. The maximum atomic E-state index is 12.3. The Bertz CT molecular complexity index is 974. The number of hydrogen-bond donors (Lipinski definition) is 2. The van der Waals surface area contributed by atoms with Gasteiger partial charge in [0.25, 0.3) is 0 Å². The Morgan fingerprint density at radius 3 is 2.86 bits per heavy atom. The number of benzene rings is 1. The summed E-state index contributed by atoms with van der Waals surface area (Å²) in [4.78, 5) is 15.5. The third-order valence-electron chi connectivity index (χ3n) is 3.72. The number of aromatic nitrogens is 2. The summed E-state index contributed by atoms with van der Waals surface area (Å²) in [5.74, 6) is -0.344. The molecule has 0 bridgehead atoms. The maximum absolute atomic E-state index is 12.3. The molecule has 0 spiro atoms. The number of anilines is 1. The van der Waals surface area contributed by atoms with E-state index >= 15 is 0 Å². The lowest BCUT2D eigenvalue weighted by Crippen LogP contribution is -2.15. The molecule has 158 valence electrons. The van der Waals surface area contributed by atoms with E-state index < -0.39 is 10.0 Å². The fourth-order valence-corrected chi connectivity index (χ4v) is 4.23. The van der Waals surface area contributed by atoms with Crippen molar-refractivity contribution in [2.45, 2.75) is 26.8 Å². The van der Waals surface area contributed by atoms with Gasteiger partial charge < -0.3 is 10.5 Å². The molecule has 0 unspecified atom stereocenters. The fourth-order valence-electron chi connectivity index (χ4n) is 2.23. The molecule has 0 amide bonds. The van der Waals surface area contributed by atoms with Crippen molar-refractivity contribution in [1.29, 1.82) is 0 Å². The van der Waals surface area contributed by atoms with Crippen molar-refractivity contribution in [2.24, 2.45) is 11.7 Å². The Hall–Kier alpha value is -2.01. The van der Waals surface area contributed by atoms with Gasteiger partial charge in [0.05, 0.1) is 18.3 Å². The largest absolute Gasteiger partial charge is 0.465 e. The van der Waals surface area contributed by atoms with Gasteiger partial charge in [-0.1, -0.05) is 49.7 Å². The molecule has 1 aromatic carbocycles. The van der Waals surface area contributed by atoms with Crippen molar-refractivity contribution >= 4 is 50.3 Å². The standard InChI is InChI=1S/C18H23ClN4O4S2/c1-12(2)17(24)27-9-8-16-21-18(28-22-16)23-29(25,26)10-4-6-13-5-3-7-15(19)14(13)11-20/h3-7,12H,8-11,20H2,1-2H3,(H,21,22,23). The second-order valence-electron chi connectivity index (χ2n) is 6.39. The molecule has 29 heavy (non-hydrogen) atoms. The maximum Gasteiger partial charge on any atom is 0.308 e. The van der Waals surface area contributed by atoms with Crippen LogP contribution in [0.3, 0.4) is 0 Å². The van der Waals surface area contributed by atoms with E-state index in [0.29, 0.717) is 17.3 Å². The highest BCUT2D eigenvalue weighted by Gasteiger charge is 2.14. The number of nitrogens with one attached hydrogen (secondary N) is 1. The summed E-state index contributed by atoms with van der Waals surface area (Å²) in [6, 6.07) is 5.32. The molecule has 0 atom stereocenters. The second-order valence-corrected chi connectivity index (χ2v) is 9.31. The van der Waals surface area contributed by atoms with Crippen LogP contribution in [-0.2, 0) is 32.5 Å². The van der Waals surface area contributed by atoms with Gasteiger partial charge in [0, 0.05) is 29.5 Å². The zero-order valence-corrected chi connectivity index (χ0v) is 18.5. The van der Waals surface area contributed by atoms with E-state index in [1.807, 2.05) is 6.07 Å². The van der Waals surface area contributed by atoms with Crippen LogP contribution in [-0.4, -0.2) is 36.1 Å². The molecule has 0 radical (unpaired) electrons. The Morgan fingerprint density at radius 1 is 1.41 bits per heavy atom. The van der Waals surface area contributed by atoms with E-state index in [1.54, 1.807) is 32.1 Å². The Labute approximate surface area is 179 Å². The summed E-state index contributed by atoms with van der Waals surface area (Å²) in [5.41, 5.74) is 7.21. The van der Waals surface area contributed by atoms with Crippen molar-refractivity contribution in [2.75, 3.05) is 17.1 Å². The van der Waals surface area contributed by atoms with Crippen molar-refractivity contribution < 1.29 is 17.9 Å². The molecular weight excluding hydrogens is 436 g/mol. The van der Waals surface area contributed by atoms with Gasteiger partial charge in [0.2, 0.25) is 15.2 Å². The van der Waals surface area contributed by atoms with Gasteiger partial charge in [0.1, 0.15) is 5.82 Å². The first kappa shape index (κ1) is 23.3. The molecule has 0 aliphatic carbocycles. The van der Waals surface area contributed by atoms with Crippen molar-refractivity contribution in [3.8, 4) is 0 Å². The molecule has 3 N–H and O–H groups in total. The number of carbonyl (C=O) groups excluding carboxylic acids is 1. The van der Waals surface area contributed by atoms with Crippen molar-refractivity contribution in [3.63, 3.8) is 0 Å². The highest BCUT2D eigenvalue weighted by molar-refractivity contribution is 7.93. The van der Waals surface area contributed by atoms with Gasteiger partial charge >= 0.3 is 5.97 Å². The average molecular weight is 459 g/mol. The van der Waals surface area contributed by atoms with E-state index in [-0.39, 0.29) is 35.9 Å². The molecule has 1 aromatic heterocycles. The molecule has 2 aromatic rings. The van der Waals surface area contributed by atoms with E-state index in [1.165, 1.54) is 6.08 Å². The Kier molecular flexibility index (Phi) is 8.57. The number of nitrogens with two attached hydrogens (primary N) is 1. The number of carbonyl (C=O) groups is 1. The third-order valence-corrected chi connectivity index (χ3v) is 6.01. The van der Waals surface area contributed by atoms with Gasteiger partial charge in [0.15, 0.2) is 0 Å². The van der Waals surface area contributed by atoms with Crippen LogP contribution in [0, 0.1) is 5.92 Å². The van der Waals surface area contributed by atoms with Crippen LogP contribution < -0.4 is 10.5 Å². The average Bonchev–Trinajstić information content (AvgIpc) is 3.08. The molecule has 0 fully saturated rings. The molecule has 11 heteroatoms. The predicted octanol–water partition coefficient (Wildman–Crippen LogP) is 2.85. The number of hydrogen-bond acceptors (Lipinski definition) is 8. The number of ether oxygens (including phenoxy) is 1. The van der Waals surface area contributed by atoms with Crippen molar-refractivity contribution in [3.05, 3.63) is 46.2 Å². The summed E-state index contributed by atoms with van der Waals surface area (Å²) < 4.78 is 36.0. The lowest BCUT2D eigenvalue weighted by Gasteiger charge is -2.06. The first-order valence-electron chi connectivity index (χ1n) is 8.85. The minimum absolute atomic E-state index is 0.145. The molecule has 0 saturated heterocycles. The zero-order valence-electron chi connectivity index (χ0n) is 16.1. The van der Waals surface area contributed by atoms with Gasteiger partial charge in [-0.15, -0.1) is 0 Å². The number of rotatable bonds is 10. The van der Waals surface area contributed by atoms with E-state index in [9.17, 15) is 13.2 Å². The fraction of sp³-hybridized carbons (Fsp3) is 0.389. The smallest absolute Gasteiger partial charge is 0.308 e. The monoisotopic (exact) mass is 458 g/mol. The molecule has 0 aliphatic rings. The molecule has 2 rings (SSSR count). The molecule has 1 heterocycles. The molecule has 0 aliphatic heterocycles. The van der Waals surface area contributed by atoms with E-state index in [4.69, 9.17) is 22.1 Å². The summed E-state index contributed by atoms with van der Waals surface area (Å²) in [5, 5.41) is 0.699. The summed E-state index contributed by atoms with van der Waals surface area (Å²) in [6.07, 6.45) is 3.50. The Balaban J connectivity index is 1.91. The first-order valence-corrected chi connectivity index (χ1v) is 11.7. The van der Waals surface area contributed by atoms with Crippen LogP contribution in [0.5, 0.6) is 0 Å². The summed E-state index contributed by atoms with van der Waals surface area (Å²) in [7, 11) is -3.64. The number of esters is 1. The minimum atomic E-state index is -3.64. The van der Waals surface area contributed by atoms with Crippen LogP contribution in [0.15, 0.2) is 24.3 Å². The number of nitrogens with zero attached hydrogens (tertiary/aromatic N) is 2. The lowest BCUT2D eigenvalue weighted by molar-refractivity contribution is -0.147. The SMILES string of the molecule is CC(C)C(=O)OCCc1nsc(NS(=O)(=O)CC=Cc2cccc(Cl)c2CN)n1. The van der Waals surface area contributed by atoms with E-state index in [0.717, 1.165) is 22.7 Å². The minimum Gasteiger partial charge on any atom is -0.465 e. The Morgan fingerprint density at radius 2 is 2.17 bits per heavy atom. The highest BCUT2D eigenvalue weighted by Crippen LogP contribution is 2.21. The summed E-state index contributed by atoms with van der Waals surface area (Å²) in [6.45, 7) is 3.89. The van der Waals surface area contributed by atoms with Crippen LogP contribution >= 0.6 is 23.1 Å². The summed E-state index contributed by atoms with van der Waals surface area (Å²) >= 11 is 7.02. The van der Waals surface area contributed by atoms with Gasteiger partial charge in [-0.05, 0) is 17.2 Å². The highest BCUT2D eigenvalue weighted by atomic mass is 35.5. The predicted molar refractivity (Wildman–Crippen MR) is 115 cm³/mol. The number of sulfonamides is 1. The molecular formula is C18H23ClN4O4S2. The van der Waals surface area contributed by atoms with Crippen LogP contribution in [0.2, 0.25) is 5.02 Å². The van der Waals surface area contributed by atoms with Crippen LogP contribution in [0.1, 0.15) is 30.8 Å². The second kappa shape index (κ2) is 10.7. The first-order chi connectivity index (χ1) is 13.7. The topological polar surface area (TPSA) is 124 Å². The van der Waals surface area contributed by atoms with Gasteiger partial charge in [-0.2, -0.15) is 4.37 Å². The third kappa shape index (κ3) is 7.39. The van der Waals surface area contributed by atoms with Crippen molar-refractivity contribution in [1.82, 2.24) is 9.36 Å².